The van der Waals surface area contributed by atoms with Crippen molar-refractivity contribution < 1.29 is 9.90 Å². The monoisotopic (exact) mass is 253 g/mol. The van der Waals surface area contributed by atoms with Gasteiger partial charge in [-0.2, -0.15) is 0 Å². The summed E-state index contributed by atoms with van der Waals surface area (Å²) in [7, 11) is 0. The van der Waals surface area contributed by atoms with E-state index in [2.05, 4.69) is 22.4 Å². The number of hydrogen-bond acceptors (Lipinski definition) is 3. The fourth-order valence-corrected chi connectivity index (χ4v) is 2.91. The molecular weight excluding hydrogens is 234 g/mol. The predicted octanol–water partition coefficient (Wildman–Crippen LogP) is 2.48. The van der Waals surface area contributed by atoms with Gasteiger partial charge < -0.3 is 10.0 Å². The minimum Gasteiger partial charge on any atom is -0.481 e. The first-order chi connectivity index (χ1) is 8.10. The van der Waals surface area contributed by atoms with E-state index in [1.165, 1.54) is 4.88 Å². The van der Waals surface area contributed by atoms with Gasteiger partial charge in [0.15, 0.2) is 0 Å². The van der Waals surface area contributed by atoms with Crippen LogP contribution in [0, 0.1) is 5.41 Å². The summed E-state index contributed by atoms with van der Waals surface area (Å²) in [4.78, 5) is 14.9. The van der Waals surface area contributed by atoms with E-state index in [-0.39, 0.29) is 0 Å². The first-order valence-corrected chi connectivity index (χ1v) is 6.96. The molecular formula is C13H19NO2S. The number of nitrogens with zero attached hydrogens (tertiary/aromatic N) is 1. The van der Waals surface area contributed by atoms with E-state index < -0.39 is 11.4 Å². The van der Waals surface area contributed by atoms with E-state index in [9.17, 15) is 4.79 Å². The van der Waals surface area contributed by atoms with Crippen LogP contribution in [-0.2, 0) is 11.2 Å². The van der Waals surface area contributed by atoms with Crippen LogP contribution in [-0.4, -0.2) is 35.6 Å². The summed E-state index contributed by atoms with van der Waals surface area (Å²) in [6.45, 7) is 4.74. The first-order valence-electron chi connectivity index (χ1n) is 6.08. The van der Waals surface area contributed by atoms with E-state index >= 15 is 0 Å². The van der Waals surface area contributed by atoms with Gasteiger partial charge in [-0.15, -0.1) is 11.3 Å². The first kappa shape index (κ1) is 12.6. The molecule has 0 radical (unpaired) electrons. The van der Waals surface area contributed by atoms with E-state index in [4.69, 9.17) is 5.11 Å². The molecule has 0 unspecified atom stereocenters. The third-order valence-corrected chi connectivity index (χ3v) is 4.67. The average molecular weight is 253 g/mol. The lowest BCUT2D eigenvalue weighted by Gasteiger charge is -2.36. The van der Waals surface area contributed by atoms with Gasteiger partial charge in [-0.3, -0.25) is 4.79 Å². The predicted molar refractivity (Wildman–Crippen MR) is 69.4 cm³/mol. The van der Waals surface area contributed by atoms with Gasteiger partial charge in [0, 0.05) is 11.4 Å². The standard InChI is InChI=1S/C13H19NO2S/c1-13(12(15)16)5-8-14(9-6-13)7-4-11-3-2-10-17-11/h2-3,10H,4-9H2,1H3,(H,15,16). The zero-order valence-corrected chi connectivity index (χ0v) is 11.0. The normalized spacial score (nSPS) is 20.3. The molecule has 1 aromatic rings. The highest BCUT2D eigenvalue weighted by Crippen LogP contribution is 2.31. The van der Waals surface area contributed by atoms with Crippen molar-refractivity contribution in [2.75, 3.05) is 19.6 Å². The van der Waals surface area contributed by atoms with Gasteiger partial charge in [0.05, 0.1) is 5.41 Å². The number of carboxylic acids is 1. The molecule has 94 valence electrons. The van der Waals surface area contributed by atoms with Gasteiger partial charge in [-0.05, 0) is 50.7 Å². The van der Waals surface area contributed by atoms with Gasteiger partial charge in [-0.1, -0.05) is 6.07 Å². The molecule has 1 N–H and O–H groups in total. The van der Waals surface area contributed by atoms with Gasteiger partial charge in [0.1, 0.15) is 0 Å². The highest BCUT2D eigenvalue weighted by atomic mass is 32.1. The molecule has 3 nitrogen and oxygen atoms in total. The fourth-order valence-electron chi connectivity index (χ4n) is 2.21. The molecule has 0 spiro atoms. The van der Waals surface area contributed by atoms with Gasteiger partial charge in [0.2, 0.25) is 0 Å². The quantitative estimate of drug-likeness (QED) is 0.896. The zero-order chi connectivity index (χ0) is 12.3. The van der Waals surface area contributed by atoms with Crippen LogP contribution in [0.15, 0.2) is 17.5 Å². The molecule has 0 atom stereocenters. The summed E-state index contributed by atoms with van der Waals surface area (Å²) in [6, 6.07) is 4.24. The summed E-state index contributed by atoms with van der Waals surface area (Å²) in [5.74, 6) is -0.643. The average Bonchev–Trinajstić information content (AvgIpc) is 2.81. The summed E-state index contributed by atoms with van der Waals surface area (Å²) in [6.07, 6.45) is 2.63. The second-order valence-corrected chi connectivity index (χ2v) is 6.07. The number of piperidine rings is 1. The minimum absolute atomic E-state index is 0.501. The molecule has 1 saturated heterocycles. The molecule has 0 amide bonds. The second kappa shape index (κ2) is 5.19. The molecule has 0 aromatic carbocycles. The fraction of sp³-hybridized carbons (Fsp3) is 0.615. The number of carbonyl (C=O) groups is 1. The van der Waals surface area contributed by atoms with Crippen LogP contribution < -0.4 is 0 Å². The number of carboxylic acid groups (broad SMARTS) is 1. The van der Waals surface area contributed by atoms with Crippen molar-refractivity contribution in [3.63, 3.8) is 0 Å². The molecule has 1 aromatic heterocycles. The van der Waals surface area contributed by atoms with Crippen molar-refractivity contribution in [3.05, 3.63) is 22.4 Å². The van der Waals surface area contributed by atoms with E-state index in [1.807, 2.05) is 6.92 Å². The summed E-state index contributed by atoms with van der Waals surface area (Å²) >= 11 is 1.80. The van der Waals surface area contributed by atoms with Crippen LogP contribution in [0.25, 0.3) is 0 Å². The summed E-state index contributed by atoms with van der Waals surface area (Å²) < 4.78 is 0. The van der Waals surface area contributed by atoms with Crippen LogP contribution in [0.3, 0.4) is 0 Å². The lowest BCUT2D eigenvalue weighted by molar-refractivity contribution is -0.150. The Hall–Kier alpha value is -0.870. The minimum atomic E-state index is -0.643. The molecule has 1 aliphatic heterocycles. The molecule has 2 heterocycles. The van der Waals surface area contributed by atoms with Crippen LogP contribution in [0.1, 0.15) is 24.6 Å². The molecule has 1 fully saturated rings. The second-order valence-electron chi connectivity index (χ2n) is 5.04. The smallest absolute Gasteiger partial charge is 0.309 e. The Labute approximate surface area is 106 Å². The number of hydrogen-bond donors (Lipinski definition) is 1. The van der Waals surface area contributed by atoms with Crippen molar-refractivity contribution in [1.29, 1.82) is 0 Å². The maximum atomic E-state index is 11.1. The Morgan fingerprint density at radius 2 is 2.24 bits per heavy atom. The lowest BCUT2D eigenvalue weighted by Crippen LogP contribution is -2.43. The van der Waals surface area contributed by atoms with Crippen LogP contribution in [0.4, 0.5) is 0 Å². The Morgan fingerprint density at radius 3 is 2.76 bits per heavy atom. The zero-order valence-electron chi connectivity index (χ0n) is 10.2. The van der Waals surface area contributed by atoms with Crippen molar-refractivity contribution in [2.24, 2.45) is 5.41 Å². The number of likely N-dealkylation sites (tertiary alicyclic amines) is 1. The van der Waals surface area contributed by atoms with Crippen LogP contribution in [0.2, 0.25) is 0 Å². The Bertz CT molecular complexity index is 367. The topological polar surface area (TPSA) is 40.5 Å². The molecule has 0 saturated carbocycles. The number of aliphatic carboxylic acids is 1. The Kier molecular flexibility index (Phi) is 3.84. The van der Waals surface area contributed by atoms with E-state index in [0.717, 1.165) is 38.9 Å². The highest BCUT2D eigenvalue weighted by Gasteiger charge is 2.36. The molecule has 2 rings (SSSR count). The van der Waals surface area contributed by atoms with Gasteiger partial charge in [-0.25, -0.2) is 0 Å². The molecule has 1 aliphatic rings. The van der Waals surface area contributed by atoms with Gasteiger partial charge >= 0.3 is 5.97 Å². The lowest BCUT2D eigenvalue weighted by atomic mass is 9.80. The van der Waals surface area contributed by atoms with Crippen molar-refractivity contribution in [2.45, 2.75) is 26.2 Å². The van der Waals surface area contributed by atoms with E-state index in [1.54, 1.807) is 11.3 Å². The SMILES string of the molecule is CC1(C(=O)O)CCN(CCc2cccs2)CC1. The third-order valence-electron chi connectivity index (χ3n) is 3.73. The van der Waals surface area contributed by atoms with Crippen molar-refractivity contribution >= 4 is 17.3 Å². The molecule has 0 bridgehead atoms. The maximum absolute atomic E-state index is 11.1. The largest absolute Gasteiger partial charge is 0.481 e. The van der Waals surface area contributed by atoms with Crippen molar-refractivity contribution in [1.82, 2.24) is 4.90 Å². The van der Waals surface area contributed by atoms with Crippen molar-refractivity contribution in [3.8, 4) is 0 Å². The summed E-state index contributed by atoms with van der Waals surface area (Å²) in [5.41, 5.74) is -0.501. The third kappa shape index (κ3) is 3.07. The number of rotatable bonds is 4. The molecule has 17 heavy (non-hydrogen) atoms. The van der Waals surface area contributed by atoms with Crippen LogP contribution in [0.5, 0.6) is 0 Å². The maximum Gasteiger partial charge on any atom is 0.309 e. The molecule has 0 aliphatic carbocycles. The van der Waals surface area contributed by atoms with Gasteiger partial charge in [0.25, 0.3) is 0 Å². The van der Waals surface area contributed by atoms with E-state index in [0.29, 0.717) is 0 Å². The highest BCUT2D eigenvalue weighted by molar-refractivity contribution is 7.09. The Balaban J connectivity index is 1.78. The molecule has 4 heteroatoms. The Morgan fingerprint density at radius 1 is 1.53 bits per heavy atom. The van der Waals surface area contributed by atoms with Crippen LogP contribution >= 0.6 is 11.3 Å². The summed E-state index contributed by atoms with van der Waals surface area (Å²) in [5, 5.41) is 11.3. The number of thiophene rings is 1.